The lowest BCUT2D eigenvalue weighted by Crippen LogP contribution is -2.63. The summed E-state index contributed by atoms with van der Waals surface area (Å²) < 4.78 is 5.73. The Labute approximate surface area is 133 Å². The van der Waals surface area contributed by atoms with Crippen LogP contribution in [0.1, 0.15) is 52.9 Å². The molecule has 0 spiro atoms. The number of hydrogen-bond acceptors (Lipinski definition) is 3. The van der Waals surface area contributed by atoms with Crippen LogP contribution in [0.2, 0.25) is 0 Å². The van der Waals surface area contributed by atoms with Crippen LogP contribution in [0.5, 0.6) is 0 Å². The lowest BCUT2D eigenvalue weighted by molar-refractivity contribution is -0.167. The highest BCUT2D eigenvalue weighted by atomic mass is 16.5. The van der Waals surface area contributed by atoms with Gasteiger partial charge in [0.1, 0.15) is 0 Å². The second kappa shape index (κ2) is 6.57. The van der Waals surface area contributed by atoms with Gasteiger partial charge in [0.25, 0.3) is 0 Å². The van der Waals surface area contributed by atoms with Crippen molar-refractivity contribution in [3.8, 4) is 0 Å². The number of ether oxygens (including phenoxy) is 1. The van der Waals surface area contributed by atoms with E-state index in [2.05, 4.69) is 13.8 Å². The van der Waals surface area contributed by atoms with E-state index in [-0.39, 0.29) is 35.3 Å². The molecule has 0 aromatic rings. The first-order valence-electron chi connectivity index (χ1n) is 8.40. The third-order valence-electron chi connectivity index (χ3n) is 5.68. The van der Waals surface area contributed by atoms with Gasteiger partial charge in [0, 0.05) is 31.0 Å². The minimum atomic E-state index is -0.763. The van der Waals surface area contributed by atoms with Crippen molar-refractivity contribution in [1.82, 2.24) is 4.90 Å². The number of carboxylic acid groups (broad SMARTS) is 1. The van der Waals surface area contributed by atoms with Crippen LogP contribution >= 0.6 is 0 Å². The topological polar surface area (TPSA) is 66.8 Å². The third-order valence-corrected chi connectivity index (χ3v) is 5.68. The van der Waals surface area contributed by atoms with Gasteiger partial charge in [0.15, 0.2) is 0 Å². The molecule has 0 aliphatic heterocycles. The van der Waals surface area contributed by atoms with E-state index in [0.29, 0.717) is 19.4 Å². The summed E-state index contributed by atoms with van der Waals surface area (Å²) in [6.45, 7) is 6.98. The van der Waals surface area contributed by atoms with Crippen molar-refractivity contribution in [1.29, 1.82) is 0 Å². The van der Waals surface area contributed by atoms with Gasteiger partial charge in [0.2, 0.25) is 5.91 Å². The Kier molecular flexibility index (Phi) is 5.15. The number of amides is 1. The van der Waals surface area contributed by atoms with E-state index >= 15 is 0 Å². The molecule has 2 saturated carbocycles. The average Bonchev–Trinajstić information content (AvgIpc) is 2.49. The van der Waals surface area contributed by atoms with Gasteiger partial charge in [-0.25, -0.2) is 0 Å². The molecule has 2 aliphatic rings. The molecule has 4 unspecified atom stereocenters. The van der Waals surface area contributed by atoms with Crippen LogP contribution in [0.25, 0.3) is 0 Å². The zero-order valence-corrected chi connectivity index (χ0v) is 14.2. The van der Waals surface area contributed by atoms with Crippen LogP contribution < -0.4 is 0 Å². The van der Waals surface area contributed by atoms with E-state index in [1.807, 2.05) is 18.9 Å². The Bertz CT molecular complexity index is 434. The van der Waals surface area contributed by atoms with Crippen molar-refractivity contribution in [2.45, 2.75) is 65.0 Å². The van der Waals surface area contributed by atoms with Crippen molar-refractivity contribution < 1.29 is 19.4 Å². The second-order valence-electron chi connectivity index (χ2n) is 7.36. The summed E-state index contributed by atoms with van der Waals surface area (Å²) in [6.07, 6.45) is 3.91. The molecule has 4 atom stereocenters. The molecule has 0 radical (unpaired) electrons. The molecular weight excluding hydrogens is 282 g/mol. The number of carboxylic acids is 1. The molecule has 1 amide bonds. The summed E-state index contributed by atoms with van der Waals surface area (Å²) >= 11 is 0. The van der Waals surface area contributed by atoms with E-state index in [1.54, 1.807) is 0 Å². The zero-order valence-electron chi connectivity index (χ0n) is 14.2. The minimum Gasteiger partial charge on any atom is -0.481 e. The van der Waals surface area contributed by atoms with Crippen LogP contribution in [-0.2, 0) is 14.3 Å². The van der Waals surface area contributed by atoms with Gasteiger partial charge in [-0.2, -0.15) is 0 Å². The van der Waals surface area contributed by atoms with Gasteiger partial charge in [-0.15, -0.1) is 0 Å². The predicted octanol–water partition coefficient (Wildman–Crippen LogP) is 2.54. The number of rotatable bonds is 5. The molecular formula is C17H29NO4. The molecule has 22 heavy (non-hydrogen) atoms. The van der Waals surface area contributed by atoms with E-state index in [1.165, 1.54) is 0 Å². The van der Waals surface area contributed by atoms with Crippen molar-refractivity contribution >= 4 is 11.9 Å². The van der Waals surface area contributed by atoms with Crippen molar-refractivity contribution in [2.24, 2.45) is 17.3 Å². The monoisotopic (exact) mass is 311 g/mol. The number of carbonyl (C=O) groups is 2. The molecule has 2 aliphatic carbocycles. The summed E-state index contributed by atoms with van der Waals surface area (Å²) in [5.41, 5.74) is -0.0404. The van der Waals surface area contributed by atoms with Gasteiger partial charge in [-0.3, -0.25) is 9.59 Å². The van der Waals surface area contributed by atoms with Gasteiger partial charge in [-0.1, -0.05) is 20.3 Å². The first-order valence-corrected chi connectivity index (χ1v) is 8.40. The average molecular weight is 311 g/mol. The number of aliphatic carboxylic acids is 1. The minimum absolute atomic E-state index is 0.0404. The largest absolute Gasteiger partial charge is 0.481 e. The standard InChI is InChI=1S/C17H29NO4/c1-5-22-14-10-13(17(14,2)3)18(4)15(19)11-7-6-8-12(9-11)16(20)21/h11-14H,5-10H2,1-4H3,(H,20,21). The maximum atomic E-state index is 12.7. The molecule has 1 N–H and O–H groups in total. The summed E-state index contributed by atoms with van der Waals surface area (Å²) in [4.78, 5) is 25.8. The fourth-order valence-corrected chi connectivity index (χ4v) is 4.09. The first kappa shape index (κ1) is 17.3. The molecule has 0 aromatic carbocycles. The third kappa shape index (κ3) is 3.14. The Morgan fingerprint density at radius 2 is 1.86 bits per heavy atom. The fraction of sp³-hybridized carbons (Fsp3) is 0.882. The molecule has 0 bridgehead atoms. The van der Waals surface area contributed by atoms with Gasteiger partial charge >= 0.3 is 5.97 Å². The SMILES string of the molecule is CCOC1CC(N(C)C(=O)C2CCCC(C(=O)O)C2)C1(C)C. The summed E-state index contributed by atoms with van der Waals surface area (Å²) in [7, 11) is 1.86. The van der Waals surface area contributed by atoms with Crippen molar-refractivity contribution in [3.63, 3.8) is 0 Å². The highest BCUT2D eigenvalue weighted by Gasteiger charge is 2.52. The number of hydrogen-bond donors (Lipinski definition) is 1. The molecule has 2 fully saturated rings. The normalized spacial score (nSPS) is 33.8. The maximum absolute atomic E-state index is 12.7. The Balaban J connectivity index is 1.97. The van der Waals surface area contributed by atoms with E-state index in [9.17, 15) is 14.7 Å². The van der Waals surface area contributed by atoms with Gasteiger partial charge in [0.05, 0.1) is 12.0 Å². The molecule has 126 valence electrons. The van der Waals surface area contributed by atoms with Gasteiger partial charge in [-0.05, 0) is 32.6 Å². The van der Waals surface area contributed by atoms with Crippen LogP contribution in [0.4, 0.5) is 0 Å². The van der Waals surface area contributed by atoms with Gasteiger partial charge < -0.3 is 14.7 Å². The smallest absolute Gasteiger partial charge is 0.306 e. The Morgan fingerprint density at radius 3 is 2.41 bits per heavy atom. The van der Waals surface area contributed by atoms with Crippen LogP contribution in [0.15, 0.2) is 0 Å². The quantitative estimate of drug-likeness (QED) is 0.847. The lowest BCUT2D eigenvalue weighted by Gasteiger charge is -2.55. The van der Waals surface area contributed by atoms with E-state index in [4.69, 9.17) is 4.74 Å². The number of carbonyl (C=O) groups excluding carboxylic acids is 1. The van der Waals surface area contributed by atoms with Crippen LogP contribution in [0.3, 0.4) is 0 Å². The first-order chi connectivity index (χ1) is 10.3. The van der Waals surface area contributed by atoms with Crippen molar-refractivity contribution in [2.75, 3.05) is 13.7 Å². The highest BCUT2D eigenvalue weighted by Crippen LogP contribution is 2.46. The molecule has 2 rings (SSSR count). The van der Waals surface area contributed by atoms with Crippen LogP contribution in [-0.4, -0.2) is 47.7 Å². The Morgan fingerprint density at radius 1 is 1.23 bits per heavy atom. The molecule has 0 aromatic heterocycles. The summed E-state index contributed by atoms with van der Waals surface area (Å²) in [5.74, 6) is -1.15. The predicted molar refractivity (Wildman–Crippen MR) is 83.5 cm³/mol. The summed E-state index contributed by atoms with van der Waals surface area (Å²) in [5, 5.41) is 9.18. The molecule has 5 nitrogen and oxygen atoms in total. The number of nitrogens with zero attached hydrogens (tertiary/aromatic N) is 1. The zero-order chi connectivity index (χ0) is 16.5. The molecule has 0 saturated heterocycles. The fourth-order valence-electron chi connectivity index (χ4n) is 4.09. The lowest BCUT2D eigenvalue weighted by atomic mass is 9.63. The van der Waals surface area contributed by atoms with E-state index < -0.39 is 5.97 Å². The van der Waals surface area contributed by atoms with Crippen LogP contribution in [0, 0.1) is 17.3 Å². The van der Waals surface area contributed by atoms with Crippen molar-refractivity contribution in [3.05, 3.63) is 0 Å². The van der Waals surface area contributed by atoms with E-state index in [0.717, 1.165) is 19.3 Å². The molecule has 5 heteroatoms. The molecule has 0 heterocycles. The second-order valence-corrected chi connectivity index (χ2v) is 7.36. The summed E-state index contributed by atoms with van der Waals surface area (Å²) in [6, 6.07) is 0.182. The highest BCUT2D eigenvalue weighted by molar-refractivity contribution is 5.80. The Hall–Kier alpha value is -1.10. The maximum Gasteiger partial charge on any atom is 0.306 e.